The summed E-state index contributed by atoms with van der Waals surface area (Å²) in [4.78, 5) is 20.0. The lowest BCUT2D eigenvalue weighted by molar-refractivity contribution is 0.237. The highest BCUT2D eigenvalue weighted by Gasteiger charge is 2.17. The zero-order valence-electron chi connectivity index (χ0n) is 13.7. The maximum absolute atomic E-state index is 6.03. The number of aromatic amines is 1. The molecule has 3 aromatic heterocycles. The minimum absolute atomic E-state index is 0.151. The maximum Gasteiger partial charge on any atom is 0.296 e. The Hall–Kier alpha value is -2.41. The molecule has 0 amide bonds. The summed E-state index contributed by atoms with van der Waals surface area (Å²) < 4.78 is 5.82. The van der Waals surface area contributed by atoms with Crippen LogP contribution in [0.4, 0.5) is 5.82 Å². The summed E-state index contributed by atoms with van der Waals surface area (Å²) in [7, 11) is 0. The summed E-state index contributed by atoms with van der Waals surface area (Å²) >= 11 is 6.03. The first-order chi connectivity index (χ1) is 12.3. The highest BCUT2D eigenvalue weighted by Crippen LogP contribution is 2.27. The Bertz CT molecular complexity index is 847. The molecule has 0 radical (unpaired) electrons. The van der Waals surface area contributed by atoms with Crippen molar-refractivity contribution >= 4 is 28.6 Å². The molecule has 1 aliphatic rings. The molecule has 0 aromatic carbocycles. The Balaban J connectivity index is 1.51. The van der Waals surface area contributed by atoms with E-state index in [1.54, 1.807) is 12.4 Å². The van der Waals surface area contributed by atoms with Gasteiger partial charge in [-0.15, -0.1) is 0 Å². The van der Waals surface area contributed by atoms with Crippen molar-refractivity contribution in [3.8, 4) is 6.01 Å². The minimum Gasteiger partial charge on any atom is -0.464 e. The number of H-pyrrole nitrogens is 1. The number of ether oxygens (including phenoxy) is 1. The average molecular weight is 359 g/mol. The maximum atomic E-state index is 6.03. The van der Waals surface area contributed by atoms with Gasteiger partial charge in [-0.05, 0) is 48.1 Å². The van der Waals surface area contributed by atoms with Crippen LogP contribution in [0.15, 0.2) is 24.5 Å². The van der Waals surface area contributed by atoms with Crippen LogP contribution in [-0.4, -0.2) is 31.5 Å². The Morgan fingerprint density at radius 1 is 1.16 bits per heavy atom. The number of hydrogen-bond donors (Lipinski definition) is 2. The zero-order valence-corrected chi connectivity index (χ0v) is 14.5. The first kappa shape index (κ1) is 16.1. The number of anilines is 1. The zero-order chi connectivity index (χ0) is 17.1. The number of fused-ring (bicyclic) bond motifs is 1. The number of aromatic nitrogens is 5. The fourth-order valence-corrected chi connectivity index (χ4v) is 3.27. The van der Waals surface area contributed by atoms with Gasteiger partial charge in [0.15, 0.2) is 11.5 Å². The third-order valence-electron chi connectivity index (χ3n) is 4.44. The molecule has 0 saturated heterocycles. The van der Waals surface area contributed by atoms with Gasteiger partial charge in [0, 0.05) is 18.9 Å². The van der Waals surface area contributed by atoms with Gasteiger partial charge in [0.2, 0.25) is 5.28 Å². The molecule has 0 spiro atoms. The molecule has 8 heteroatoms. The molecular formula is C17H19ClN6O. The molecule has 25 heavy (non-hydrogen) atoms. The Morgan fingerprint density at radius 2 is 1.96 bits per heavy atom. The van der Waals surface area contributed by atoms with E-state index in [0.29, 0.717) is 42.1 Å². The Kier molecular flexibility index (Phi) is 4.65. The van der Waals surface area contributed by atoms with Gasteiger partial charge in [-0.1, -0.05) is 12.8 Å². The van der Waals surface area contributed by atoms with Gasteiger partial charge in [-0.3, -0.25) is 4.98 Å². The predicted octanol–water partition coefficient (Wildman–Crippen LogP) is 3.58. The second-order valence-electron chi connectivity index (χ2n) is 6.25. The molecule has 3 aromatic rings. The third-order valence-corrected chi connectivity index (χ3v) is 4.61. The molecule has 7 nitrogen and oxygen atoms in total. The first-order valence-electron chi connectivity index (χ1n) is 8.47. The van der Waals surface area contributed by atoms with E-state index in [1.165, 1.54) is 25.7 Å². The molecule has 3 heterocycles. The topological polar surface area (TPSA) is 88.6 Å². The number of imidazole rings is 1. The van der Waals surface area contributed by atoms with E-state index in [2.05, 4.69) is 30.2 Å². The van der Waals surface area contributed by atoms with Crippen LogP contribution in [0.5, 0.6) is 6.01 Å². The van der Waals surface area contributed by atoms with Crippen LogP contribution in [0.25, 0.3) is 11.2 Å². The van der Waals surface area contributed by atoms with Crippen LogP contribution in [0.3, 0.4) is 0 Å². The minimum atomic E-state index is 0.151. The number of nitrogens with one attached hydrogen (secondary N) is 2. The van der Waals surface area contributed by atoms with Crippen molar-refractivity contribution < 1.29 is 4.74 Å². The average Bonchev–Trinajstić information content (AvgIpc) is 3.28. The van der Waals surface area contributed by atoms with Gasteiger partial charge < -0.3 is 15.0 Å². The second-order valence-corrected chi connectivity index (χ2v) is 6.59. The molecule has 1 fully saturated rings. The van der Waals surface area contributed by atoms with Crippen LogP contribution in [0.2, 0.25) is 5.28 Å². The van der Waals surface area contributed by atoms with Gasteiger partial charge >= 0.3 is 0 Å². The summed E-state index contributed by atoms with van der Waals surface area (Å²) in [5.41, 5.74) is 2.29. The molecule has 2 N–H and O–H groups in total. The third kappa shape index (κ3) is 3.82. The van der Waals surface area contributed by atoms with Crippen molar-refractivity contribution in [3.63, 3.8) is 0 Å². The van der Waals surface area contributed by atoms with E-state index in [0.717, 1.165) is 5.56 Å². The SMILES string of the molecule is Clc1nc(NCc2ccncc2)c2[nH]c(OCC3CCCC3)nc2n1. The molecule has 0 atom stereocenters. The molecule has 0 aliphatic heterocycles. The molecule has 1 saturated carbocycles. The lowest BCUT2D eigenvalue weighted by atomic mass is 10.1. The smallest absolute Gasteiger partial charge is 0.296 e. The van der Waals surface area contributed by atoms with Crippen molar-refractivity contribution in [2.45, 2.75) is 32.2 Å². The van der Waals surface area contributed by atoms with Crippen molar-refractivity contribution in [2.75, 3.05) is 11.9 Å². The van der Waals surface area contributed by atoms with Crippen LogP contribution in [0, 0.1) is 5.92 Å². The molecule has 0 bridgehead atoms. The number of hydrogen-bond acceptors (Lipinski definition) is 6. The predicted molar refractivity (Wildman–Crippen MR) is 95.7 cm³/mol. The Morgan fingerprint density at radius 3 is 2.76 bits per heavy atom. The van der Waals surface area contributed by atoms with E-state index < -0.39 is 0 Å². The monoisotopic (exact) mass is 358 g/mol. The quantitative estimate of drug-likeness (QED) is 0.655. The van der Waals surface area contributed by atoms with Crippen LogP contribution >= 0.6 is 11.6 Å². The first-order valence-corrected chi connectivity index (χ1v) is 8.84. The largest absolute Gasteiger partial charge is 0.464 e. The van der Waals surface area contributed by atoms with Gasteiger partial charge in [-0.25, -0.2) is 0 Å². The van der Waals surface area contributed by atoms with Gasteiger partial charge in [0.25, 0.3) is 6.01 Å². The number of nitrogens with zero attached hydrogens (tertiary/aromatic N) is 4. The van der Waals surface area contributed by atoms with Gasteiger partial charge in [-0.2, -0.15) is 15.0 Å². The van der Waals surface area contributed by atoms with E-state index in [-0.39, 0.29) is 5.28 Å². The molecule has 0 unspecified atom stereocenters. The number of rotatable bonds is 6. The van der Waals surface area contributed by atoms with E-state index in [9.17, 15) is 0 Å². The molecule has 130 valence electrons. The van der Waals surface area contributed by atoms with Crippen molar-refractivity contribution in [3.05, 3.63) is 35.4 Å². The van der Waals surface area contributed by atoms with Crippen LogP contribution < -0.4 is 10.1 Å². The molecule has 4 rings (SSSR count). The van der Waals surface area contributed by atoms with Crippen LogP contribution in [0.1, 0.15) is 31.2 Å². The molecule has 1 aliphatic carbocycles. The van der Waals surface area contributed by atoms with Crippen molar-refractivity contribution in [1.82, 2.24) is 24.9 Å². The van der Waals surface area contributed by atoms with E-state index in [4.69, 9.17) is 16.3 Å². The Labute approximate surface area is 150 Å². The number of halogens is 1. The molecular weight excluding hydrogens is 340 g/mol. The summed E-state index contributed by atoms with van der Waals surface area (Å²) in [6, 6.07) is 4.34. The van der Waals surface area contributed by atoms with E-state index >= 15 is 0 Å². The standard InChI is InChI=1S/C17H19ClN6O/c18-16-22-14(20-9-11-5-7-19-8-6-11)13-15(23-16)24-17(21-13)25-10-12-3-1-2-4-12/h5-8,12H,1-4,9-10H2,(H2,20,21,22,23,24). The lowest BCUT2D eigenvalue weighted by Crippen LogP contribution is -2.08. The summed E-state index contributed by atoms with van der Waals surface area (Å²) in [6.45, 7) is 1.28. The van der Waals surface area contributed by atoms with Crippen LogP contribution in [-0.2, 0) is 6.54 Å². The summed E-state index contributed by atoms with van der Waals surface area (Å²) in [5.74, 6) is 1.22. The fourth-order valence-electron chi connectivity index (χ4n) is 3.11. The van der Waals surface area contributed by atoms with Crippen molar-refractivity contribution in [2.24, 2.45) is 5.92 Å². The lowest BCUT2D eigenvalue weighted by Gasteiger charge is -2.08. The highest BCUT2D eigenvalue weighted by atomic mass is 35.5. The fraction of sp³-hybridized carbons (Fsp3) is 0.412. The second kappa shape index (κ2) is 7.23. The van der Waals surface area contributed by atoms with Gasteiger partial charge in [0.1, 0.15) is 5.52 Å². The van der Waals surface area contributed by atoms with Gasteiger partial charge in [0.05, 0.1) is 6.61 Å². The summed E-state index contributed by atoms with van der Waals surface area (Å²) in [6.07, 6.45) is 8.54. The summed E-state index contributed by atoms with van der Waals surface area (Å²) in [5, 5.41) is 3.42. The number of pyridine rings is 1. The normalized spacial score (nSPS) is 14.9. The van der Waals surface area contributed by atoms with Crippen molar-refractivity contribution in [1.29, 1.82) is 0 Å². The highest BCUT2D eigenvalue weighted by molar-refractivity contribution is 6.28. The van der Waals surface area contributed by atoms with E-state index in [1.807, 2.05) is 12.1 Å².